The van der Waals surface area contributed by atoms with Gasteiger partial charge in [0.1, 0.15) is 12.9 Å². The molecule has 1 aromatic heterocycles. The van der Waals surface area contributed by atoms with Crippen molar-refractivity contribution in [3.63, 3.8) is 0 Å². The Kier molecular flexibility index (Phi) is 3.29. The maximum Gasteiger partial charge on any atom is 0.310 e. The predicted molar refractivity (Wildman–Crippen MR) is 77.2 cm³/mol. The number of hydrogen-bond acceptors (Lipinski definition) is 6. The Hall–Kier alpha value is -2.76. The summed E-state index contributed by atoms with van der Waals surface area (Å²) in [5.41, 5.74) is 1.37. The molecule has 1 fully saturated rings. The van der Waals surface area contributed by atoms with Crippen molar-refractivity contribution in [3.05, 3.63) is 47.9 Å². The number of carbonyl (C=O) groups is 2. The van der Waals surface area contributed by atoms with Crippen molar-refractivity contribution in [2.24, 2.45) is 11.8 Å². The van der Waals surface area contributed by atoms with Gasteiger partial charge in [-0.1, -0.05) is 6.07 Å². The Balaban J connectivity index is 1.56. The molecule has 0 radical (unpaired) electrons. The summed E-state index contributed by atoms with van der Waals surface area (Å²) in [5, 5.41) is 0. The molecule has 1 saturated heterocycles. The Bertz CT molecular complexity index is 748. The molecule has 2 aromatic rings. The van der Waals surface area contributed by atoms with Crippen LogP contribution in [0.2, 0.25) is 0 Å². The summed E-state index contributed by atoms with van der Waals surface area (Å²) >= 11 is 0. The lowest BCUT2D eigenvalue weighted by molar-refractivity contribution is -0.141. The second kappa shape index (κ2) is 5.46. The van der Waals surface area contributed by atoms with E-state index < -0.39 is 11.8 Å². The van der Waals surface area contributed by atoms with Crippen LogP contribution in [0.4, 0.5) is 0 Å². The summed E-state index contributed by atoms with van der Waals surface area (Å²) in [6.07, 6.45) is 3.25. The van der Waals surface area contributed by atoms with Crippen molar-refractivity contribution < 1.29 is 28.2 Å². The molecule has 4 rings (SSSR count). The first-order valence-corrected chi connectivity index (χ1v) is 7.34. The minimum absolute atomic E-state index is 0.109. The number of rotatable bonds is 4. The number of hydrogen-bond donors (Lipinski definition) is 0. The highest BCUT2D eigenvalue weighted by Gasteiger charge is 2.42. The van der Waals surface area contributed by atoms with Gasteiger partial charge in [0.05, 0.1) is 23.7 Å². The molecule has 0 saturated carbocycles. The maximum absolute atomic E-state index is 12.5. The van der Waals surface area contributed by atoms with Crippen molar-refractivity contribution in [2.45, 2.75) is 6.42 Å². The highest BCUT2D eigenvalue weighted by molar-refractivity contribution is 6.01. The van der Waals surface area contributed by atoms with E-state index in [1.807, 2.05) is 18.2 Å². The summed E-state index contributed by atoms with van der Waals surface area (Å²) in [7, 11) is 0. The van der Waals surface area contributed by atoms with Crippen molar-refractivity contribution in [2.75, 3.05) is 13.4 Å². The molecule has 0 spiro atoms. The van der Waals surface area contributed by atoms with Gasteiger partial charge in [-0.15, -0.1) is 0 Å². The molecule has 3 heterocycles. The normalized spacial score (nSPS) is 22.2. The van der Waals surface area contributed by atoms with E-state index in [1.165, 1.54) is 12.5 Å². The fourth-order valence-electron chi connectivity index (χ4n) is 2.98. The first-order chi connectivity index (χ1) is 11.2. The van der Waals surface area contributed by atoms with Gasteiger partial charge in [0, 0.05) is 0 Å². The van der Waals surface area contributed by atoms with E-state index in [0.29, 0.717) is 23.5 Å². The molecule has 0 unspecified atom stereocenters. The van der Waals surface area contributed by atoms with E-state index in [1.54, 1.807) is 6.07 Å². The molecule has 0 amide bonds. The lowest BCUT2D eigenvalue weighted by atomic mass is 9.84. The zero-order chi connectivity index (χ0) is 15.8. The lowest BCUT2D eigenvalue weighted by Crippen LogP contribution is -2.25. The van der Waals surface area contributed by atoms with Crippen LogP contribution in [-0.4, -0.2) is 25.2 Å². The van der Waals surface area contributed by atoms with Crippen LogP contribution in [0.3, 0.4) is 0 Å². The lowest BCUT2D eigenvalue weighted by Gasteiger charge is -2.13. The van der Waals surface area contributed by atoms with Crippen molar-refractivity contribution in [3.8, 4) is 11.5 Å². The molecule has 6 heteroatoms. The maximum atomic E-state index is 12.5. The highest BCUT2D eigenvalue weighted by Crippen LogP contribution is 2.35. The molecule has 118 valence electrons. The average Bonchev–Trinajstić information content (AvgIpc) is 3.28. The average molecular weight is 314 g/mol. The summed E-state index contributed by atoms with van der Waals surface area (Å²) in [4.78, 5) is 24.5. The van der Waals surface area contributed by atoms with Gasteiger partial charge < -0.3 is 18.6 Å². The second-order valence-electron chi connectivity index (χ2n) is 5.61. The summed E-state index contributed by atoms with van der Waals surface area (Å²) in [6, 6.07) is 7.12. The van der Waals surface area contributed by atoms with Gasteiger partial charge in [-0.2, -0.15) is 0 Å². The third-order valence-electron chi connectivity index (χ3n) is 4.23. The zero-order valence-corrected chi connectivity index (χ0v) is 12.2. The Labute approximate surface area is 131 Å². The predicted octanol–water partition coefficient (Wildman–Crippen LogP) is 2.22. The number of esters is 1. The molecule has 0 bridgehead atoms. The number of ether oxygens (including phenoxy) is 3. The van der Waals surface area contributed by atoms with Crippen LogP contribution in [0.5, 0.6) is 11.5 Å². The van der Waals surface area contributed by atoms with Crippen LogP contribution in [-0.2, 0) is 16.0 Å². The van der Waals surface area contributed by atoms with E-state index in [2.05, 4.69) is 0 Å². The van der Waals surface area contributed by atoms with Crippen LogP contribution in [0.1, 0.15) is 15.9 Å². The summed E-state index contributed by atoms with van der Waals surface area (Å²) in [5.74, 6) is -0.122. The quantitative estimate of drug-likeness (QED) is 0.636. The second-order valence-corrected chi connectivity index (χ2v) is 5.61. The van der Waals surface area contributed by atoms with Crippen LogP contribution >= 0.6 is 0 Å². The van der Waals surface area contributed by atoms with Gasteiger partial charge in [-0.05, 0) is 30.2 Å². The standard InChI is InChI=1S/C17H14O6/c18-16(11-3-4-20-7-11)13-8-21-17(19)12(13)5-10-1-2-14-15(6-10)23-9-22-14/h1-4,6-7,12-13H,5,8-9H2/t12-,13+/m1/s1. The molecule has 1 aromatic carbocycles. The van der Waals surface area contributed by atoms with Crippen LogP contribution in [0.25, 0.3) is 0 Å². The number of carbonyl (C=O) groups excluding carboxylic acids is 2. The van der Waals surface area contributed by atoms with Crippen molar-refractivity contribution in [1.82, 2.24) is 0 Å². The van der Waals surface area contributed by atoms with E-state index in [4.69, 9.17) is 18.6 Å². The number of fused-ring (bicyclic) bond motifs is 1. The van der Waals surface area contributed by atoms with Crippen molar-refractivity contribution in [1.29, 1.82) is 0 Å². The number of Topliss-reactive ketones (excluding diaryl/α,β-unsaturated/α-hetero) is 1. The summed E-state index contributed by atoms with van der Waals surface area (Å²) < 4.78 is 20.7. The third-order valence-corrected chi connectivity index (χ3v) is 4.23. The smallest absolute Gasteiger partial charge is 0.310 e. The molecule has 2 aliphatic rings. The first kappa shape index (κ1) is 13.9. The molecule has 2 aliphatic heterocycles. The molecule has 6 nitrogen and oxygen atoms in total. The van der Waals surface area contributed by atoms with Gasteiger partial charge in [0.15, 0.2) is 17.3 Å². The van der Waals surface area contributed by atoms with E-state index in [0.717, 1.165) is 5.56 Å². The van der Waals surface area contributed by atoms with Crippen LogP contribution < -0.4 is 9.47 Å². The number of benzene rings is 1. The van der Waals surface area contributed by atoms with Crippen LogP contribution in [0.15, 0.2) is 41.2 Å². The van der Waals surface area contributed by atoms with Gasteiger partial charge >= 0.3 is 5.97 Å². The van der Waals surface area contributed by atoms with E-state index >= 15 is 0 Å². The molecular weight excluding hydrogens is 300 g/mol. The number of ketones is 1. The van der Waals surface area contributed by atoms with Crippen LogP contribution in [0, 0.1) is 11.8 Å². The SMILES string of the molecule is O=C(c1ccoc1)[C@H]1COC(=O)[C@@H]1Cc1ccc2c(c1)OCO2. The Morgan fingerprint density at radius 2 is 2.00 bits per heavy atom. The molecule has 23 heavy (non-hydrogen) atoms. The molecule has 0 N–H and O–H groups in total. The van der Waals surface area contributed by atoms with Gasteiger partial charge in [0.2, 0.25) is 6.79 Å². The summed E-state index contributed by atoms with van der Waals surface area (Å²) in [6.45, 7) is 0.309. The largest absolute Gasteiger partial charge is 0.472 e. The first-order valence-electron chi connectivity index (χ1n) is 7.34. The fraction of sp³-hybridized carbons (Fsp3) is 0.294. The topological polar surface area (TPSA) is 75.0 Å². The Morgan fingerprint density at radius 1 is 1.13 bits per heavy atom. The molecule has 0 aliphatic carbocycles. The highest BCUT2D eigenvalue weighted by atomic mass is 16.7. The monoisotopic (exact) mass is 314 g/mol. The third kappa shape index (κ3) is 2.46. The Morgan fingerprint density at radius 3 is 2.83 bits per heavy atom. The molecule has 2 atom stereocenters. The minimum atomic E-state index is -0.502. The van der Waals surface area contributed by atoms with E-state index in [-0.39, 0.29) is 25.2 Å². The fourth-order valence-corrected chi connectivity index (χ4v) is 2.98. The van der Waals surface area contributed by atoms with Crippen molar-refractivity contribution >= 4 is 11.8 Å². The van der Waals surface area contributed by atoms with Gasteiger partial charge in [-0.3, -0.25) is 9.59 Å². The van der Waals surface area contributed by atoms with E-state index in [9.17, 15) is 9.59 Å². The minimum Gasteiger partial charge on any atom is -0.472 e. The van der Waals surface area contributed by atoms with Gasteiger partial charge in [0.25, 0.3) is 0 Å². The molecular formula is C17H14O6. The zero-order valence-electron chi connectivity index (χ0n) is 12.2. The number of cyclic esters (lactones) is 1. The van der Waals surface area contributed by atoms with Gasteiger partial charge in [-0.25, -0.2) is 0 Å². The number of furan rings is 1.